The number of benzene rings is 2. The number of alkyl halides is 3. The lowest BCUT2D eigenvalue weighted by Gasteiger charge is -2.17. The van der Waals surface area contributed by atoms with Crippen molar-refractivity contribution in [2.45, 2.75) is 38.5 Å². The van der Waals surface area contributed by atoms with Crippen LogP contribution in [0.1, 0.15) is 37.3 Å². The molecule has 0 heterocycles. The zero-order valence-electron chi connectivity index (χ0n) is 16.6. The minimum Gasteiger partial charge on any atom is -0.481 e. The van der Waals surface area contributed by atoms with Gasteiger partial charge in [0.15, 0.2) is 6.10 Å². The number of aliphatic carboxylic acids is 1. The number of rotatable bonds is 7. The Morgan fingerprint density at radius 1 is 1.19 bits per heavy atom. The van der Waals surface area contributed by atoms with E-state index in [1.54, 1.807) is 31.2 Å². The number of carbonyl (C=O) groups is 2. The zero-order valence-corrected chi connectivity index (χ0v) is 17.3. The van der Waals surface area contributed by atoms with Gasteiger partial charge in [0.1, 0.15) is 5.75 Å². The summed E-state index contributed by atoms with van der Waals surface area (Å²) in [4.78, 5) is 23.4. The van der Waals surface area contributed by atoms with Crippen molar-refractivity contribution in [3.05, 3.63) is 58.6 Å². The molecule has 0 aliphatic heterocycles. The fourth-order valence-electron chi connectivity index (χ4n) is 2.66. The molecule has 2 rings (SSSR count). The van der Waals surface area contributed by atoms with Crippen molar-refractivity contribution < 1.29 is 32.6 Å². The van der Waals surface area contributed by atoms with Crippen LogP contribution in [-0.4, -0.2) is 23.1 Å². The van der Waals surface area contributed by atoms with Crippen LogP contribution in [0, 0.1) is 11.8 Å². The van der Waals surface area contributed by atoms with Gasteiger partial charge in [-0.3, -0.25) is 9.59 Å². The molecule has 2 aromatic carbocycles. The largest absolute Gasteiger partial charge is 0.481 e. The van der Waals surface area contributed by atoms with Gasteiger partial charge in [-0.1, -0.05) is 29.7 Å². The first kappa shape index (κ1) is 24.1. The van der Waals surface area contributed by atoms with Gasteiger partial charge < -0.3 is 15.2 Å². The number of nitrogens with one attached hydrogen (secondary N) is 1. The van der Waals surface area contributed by atoms with Gasteiger partial charge in [0, 0.05) is 5.69 Å². The van der Waals surface area contributed by atoms with Gasteiger partial charge in [0.25, 0.3) is 5.91 Å². The van der Waals surface area contributed by atoms with Gasteiger partial charge in [0.05, 0.1) is 22.9 Å². The average Bonchev–Trinajstić information content (AvgIpc) is 2.68. The van der Waals surface area contributed by atoms with E-state index in [0.29, 0.717) is 11.3 Å². The van der Waals surface area contributed by atoms with Gasteiger partial charge in [0.2, 0.25) is 0 Å². The summed E-state index contributed by atoms with van der Waals surface area (Å²) in [6.45, 7) is 2.99. The number of hydrogen-bond donors (Lipinski definition) is 2. The molecular formula is C22H19ClF3NO4. The molecule has 2 atom stereocenters. The molecule has 164 valence electrons. The van der Waals surface area contributed by atoms with Crippen LogP contribution in [0.2, 0.25) is 5.02 Å². The Morgan fingerprint density at radius 2 is 1.84 bits per heavy atom. The Hall–Kier alpha value is -3.18. The molecule has 0 saturated carbocycles. The Bertz CT molecular complexity index is 1010. The number of hydrogen-bond acceptors (Lipinski definition) is 3. The zero-order chi connectivity index (χ0) is 23.2. The molecule has 2 aromatic rings. The minimum atomic E-state index is -4.57. The summed E-state index contributed by atoms with van der Waals surface area (Å²) in [6.07, 6.45) is -5.86. The average molecular weight is 454 g/mol. The number of anilines is 1. The fraction of sp³-hybridized carbons (Fsp3) is 0.273. The Labute approximate surface area is 182 Å². The highest BCUT2D eigenvalue weighted by molar-refractivity contribution is 6.32. The van der Waals surface area contributed by atoms with Crippen molar-refractivity contribution in [2.75, 3.05) is 5.32 Å². The summed E-state index contributed by atoms with van der Waals surface area (Å²) in [5, 5.41) is 11.5. The number of carbonyl (C=O) groups excluding carboxylic acids is 1. The molecule has 0 aliphatic rings. The van der Waals surface area contributed by atoms with Gasteiger partial charge in [-0.05, 0) is 49.7 Å². The first-order chi connectivity index (χ1) is 14.5. The molecule has 9 heteroatoms. The third-order valence-electron chi connectivity index (χ3n) is 4.21. The smallest absolute Gasteiger partial charge is 0.416 e. The molecule has 0 aromatic heterocycles. The van der Waals surface area contributed by atoms with Crippen molar-refractivity contribution in [1.82, 2.24) is 0 Å². The third-order valence-corrected chi connectivity index (χ3v) is 4.52. The summed E-state index contributed by atoms with van der Waals surface area (Å²) < 4.78 is 43.9. The van der Waals surface area contributed by atoms with Gasteiger partial charge in [-0.15, -0.1) is 5.92 Å². The first-order valence-electron chi connectivity index (χ1n) is 9.09. The highest BCUT2D eigenvalue weighted by Crippen LogP contribution is 2.35. The molecule has 0 saturated heterocycles. The molecular weight excluding hydrogens is 435 g/mol. The molecule has 2 unspecified atom stereocenters. The van der Waals surface area contributed by atoms with Crippen molar-refractivity contribution >= 4 is 29.2 Å². The maximum Gasteiger partial charge on any atom is 0.416 e. The van der Waals surface area contributed by atoms with E-state index in [0.717, 1.165) is 18.2 Å². The Balaban J connectivity index is 2.08. The quantitative estimate of drug-likeness (QED) is 0.554. The van der Waals surface area contributed by atoms with Crippen LogP contribution in [0.25, 0.3) is 0 Å². The van der Waals surface area contributed by atoms with Crippen LogP contribution in [0.3, 0.4) is 0 Å². The minimum absolute atomic E-state index is 0.0569. The van der Waals surface area contributed by atoms with Gasteiger partial charge >= 0.3 is 12.1 Å². The van der Waals surface area contributed by atoms with Crippen molar-refractivity contribution in [3.63, 3.8) is 0 Å². The van der Waals surface area contributed by atoms with Crippen LogP contribution in [0.15, 0.2) is 42.5 Å². The van der Waals surface area contributed by atoms with E-state index in [-0.39, 0.29) is 17.2 Å². The molecule has 0 spiro atoms. The fourth-order valence-corrected chi connectivity index (χ4v) is 2.82. The topological polar surface area (TPSA) is 75.6 Å². The van der Waals surface area contributed by atoms with E-state index in [9.17, 15) is 22.8 Å². The van der Waals surface area contributed by atoms with E-state index in [2.05, 4.69) is 17.2 Å². The van der Waals surface area contributed by atoms with E-state index in [1.165, 1.54) is 6.92 Å². The molecule has 0 aliphatic carbocycles. The maximum absolute atomic E-state index is 12.9. The summed E-state index contributed by atoms with van der Waals surface area (Å²) in [7, 11) is 0. The normalized spacial score (nSPS) is 12.8. The van der Waals surface area contributed by atoms with Crippen LogP contribution in [-0.2, 0) is 15.8 Å². The summed E-state index contributed by atoms with van der Waals surface area (Å²) in [6, 6.07) is 9.04. The van der Waals surface area contributed by atoms with Gasteiger partial charge in [-0.2, -0.15) is 13.2 Å². The number of carboxylic acids is 1. The number of ether oxygens (including phenoxy) is 1. The second kappa shape index (κ2) is 10.2. The van der Waals surface area contributed by atoms with E-state index >= 15 is 0 Å². The van der Waals surface area contributed by atoms with E-state index < -0.39 is 35.6 Å². The Kier molecular flexibility index (Phi) is 7.95. The summed E-state index contributed by atoms with van der Waals surface area (Å²) in [5.41, 5.74) is 0.133. The molecule has 2 N–H and O–H groups in total. The van der Waals surface area contributed by atoms with Crippen molar-refractivity contribution in [1.29, 1.82) is 0 Å². The third kappa shape index (κ3) is 6.93. The first-order valence-corrected chi connectivity index (χ1v) is 9.47. The second-order valence-electron chi connectivity index (χ2n) is 6.56. The predicted octanol–water partition coefficient (Wildman–Crippen LogP) is 5.35. The summed E-state index contributed by atoms with van der Waals surface area (Å²) in [5.74, 6) is 3.19. The van der Waals surface area contributed by atoms with E-state index in [1.807, 2.05) is 0 Å². The van der Waals surface area contributed by atoms with Crippen LogP contribution >= 0.6 is 11.6 Å². The lowest BCUT2D eigenvalue weighted by atomic mass is 9.96. The standard InChI is InChI=1S/C22H19ClF3NO4/c1-3-4-15(11-20(28)29)14-5-8-17(9-6-14)27-21(30)13(2)31-19-12-16(22(24,25)26)7-10-18(19)23/h5-10,12-13,15H,11H2,1-2H3,(H,27,30)(H,28,29). The van der Waals surface area contributed by atoms with Crippen LogP contribution in [0.5, 0.6) is 5.75 Å². The van der Waals surface area contributed by atoms with E-state index in [4.69, 9.17) is 21.4 Å². The van der Waals surface area contributed by atoms with Crippen LogP contribution in [0.4, 0.5) is 18.9 Å². The molecule has 1 amide bonds. The molecule has 31 heavy (non-hydrogen) atoms. The highest BCUT2D eigenvalue weighted by Gasteiger charge is 2.31. The van der Waals surface area contributed by atoms with Crippen LogP contribution < -0.4 is 10.1 Å². The van der Waals surface area contributed by atoms with Crippen molar-refractivity contribution in [3.8, 4) is 17.6 Å². The molecule has 5 nitrogen and oxygen atoms in total. The maximum atomic E-state index is 12.9. The SMILES string of the molecule is CC#CC(CC(=O)O)c1ccc(NC(=O)C(C)Oc2cc(C(F)(F)F)ccc2Cl)cc1. The Morgan fingerprint density at radius 3 is 2.39 bits per heavy atom. The number of amides is 1. The predicted molar refractivity (Wildman–Crippen MR) is 110 cm³/mol. The second-order valence-corrected chi connectivity index (χ2v) is 6.97. The molecule has 0 fully saturated rings. The van der Waals surface area contributed by atoms with Gasteiger partial charge in [-0.25, -0.2) is 0 Å². The number of halogens is 4. The number of carboxylic acid groups (broad SMARTS) is 1. The summed E-state index contributed by atoms with van der Waals surface area (Å²) >= 11 is 5.89. The monoisotopic (exact) mass is 453 g/mol. The molecule has 0 radical (unpaired) electrons. The lowest BCUT2D eigenvalue weighted by molar-refractivity contribution is -0.138. The van der Waals surface area contributed by atoms with Crippen molar-refractivity contribution in [2.24, 2.45) is 0 Å². The highest BCUT2D eigenvalue weighted by atomic mass is 35.5. The lowest BCUT2D eigenvalue weighted by Crippen LogP contribution is -2.30. The molecule has 0 bridgehead atoms.